The molecule has 0 bridgehead atoms. The number of benzene rings is 1. The number of nitrogens with zero attached hydrogens (tertiary/aromatic N) is 1. The van der Waals surface area contributed by atoms with Crippen LogP contribution in [0.4, 0.5) is 11.4 Å². The number of carbonyl (C=O) groups excluding carboxylic acids is 1. The van der Waals surface area contributed by atoms with Crippen LogP contribution in [0.15, 0.2) is 18.2 Å². The molecule has 0 aromatic heterocycles. The van der Waals surface area contributed by atoms with Crippen LogP contribution in [0.5, 0.6) is 0 Å². The Morgan fingerprint density at radius 3 is 3.00 bits per heavy atom. The number of hydrogen-bond acceptors (Lipinski definition) is 5. The van der Waals surface area contributed by atoms with Gasteiger partial charge in [0.05, 0.1) is 10.5 Å². The Labute approximate surface area is 110 Å². The number of anilines is 1. The second-order valence-corrected chi connectivity index (χ2v) is 4.50. The van der Waals surface area contributed by atoms with Crippen molar-refractivity contribution in [2.75, 3.05) is 18.8 Å². The Balaban J connectivity index is 2.06. The third-order valence-electron chi connectivity index (χ3n) is 3.20. The lowest BCUT2D eigenvalue weighted by Crippen LogP contribution is -2.37. The van der Waals surface area contributed by atoms with Crippen molar-refractivity contribution in [3.8, 4) is 0 Å². The second kappa shape index (κ2) is 5.66. The summed E-state index contributed by atoms with van der Waals surface area (Å²) < 4.78 is 0. The van der Waals surface area contributed by atoms with Gasteiger partial charge in [-0.1, -0.05) is 6.07 Å². The number of rotatable bonds is 4. The maximum absolute atomic E-state index is 12.0. The molecule has 1 atom stereocenters. The zero-order valence-electron chi connectivity index (χ0n) is 10.4. The standard InChI is InChI=1S/C12H16N4O3/c13-11-9(4-1-5-10(11)16(18)19)12(17)15-7-8-3-2-6-14-8/h1,4-5,8,14H,2-3,6-7,13H2,(H,15,17). The first-order valence-corrected chi connectivity index (χ1v) is 6.14. The molecule has 102 valence electrons. The number of nitrogen functional groups attached to an aromatic ring is 1. The van der Waals surface area contributed by atoms with Crippen molar-refractivity contribution in [2.24, 2.45) is 0 Å². The van der Waals surface area contributed by atoms with E-state index >= 15 is 0 Å². The van der Waals surface area contributed by atoms with Gasteiger partial charge in [-0.05, 0) is 25.5 Å². The molecule has 1 aromatic rings. The van der Waals surface area contributed by atoms with Crippen LogP contribution in [0.1, 0.15) is 23.2 Å². The predicted octanol–water partition coefficient (Wildman–Crippen LogP) is 0.659. The zero-order valence-corrected chi connectivity index (χ0v) is 10.4. The molecule has 1 unspecified atom stereocenters. The summed E-state index contributed by atoms with van der Waals surface area (Å²) in [6, 6.07) is 4.49. The third-order valence-corrected chi connectivity index (χ3v) is 3.20. The number of hydrogen-bond donors (Lipinski definition) is 3. The molecule has 1 aliphatic rings. The monoisotopic (exact) mass is 264 g/mol. The highest BCUT2D eigenvalue weighted by atomic mass is 16.6. The Morgan fingerprint density at radius 1 is 1.58 bits per heavy atom. The molecule has 0 spiro atoms. The van der Waals surface area contributed by atoms with Crippen molar-refractivity contribution < 1.29 is 9.72 Å². The lowest BCUT2D eigenvalue weighted by Gasteiger charge is -2.12. The fourth-order valence-electron chi connectivity index (χ4n) is 2.15. The van der Waals surface area contributed by atoms with E-state index in [1.54, 1.807) is 0 Å². The van der Waals surface area contributed by atoms with E-state index in [2.05, 4.69) is 10.6 Å². The molecular weight excluding hydrogens is 248 g/mol. The molecule has 1 fully saturated rings. The average molecular weight is 264 g/mol. The topological polar surface area (TPSA) is 110 Å². The highest BCUT2D eigenvalue weighted by molar-refractivity contribution is 6.00. The van der Waals surface area contributed by atoms with E-state index in [1.165, 1.54) is 18.2 Å². The first kappa shape index (κ1) is 13.3. The molecular formula is C12H16N4O3. The van der Waals surface area contributed by atoms with Crippen LogP contribution >= 0.6 is 0 Å². The molecule has 1 amide bonds. The minimum atomic E-state index is -0.593. The van der Waals surface area contributed by atoms with Crippen LogP contribution in [0.25, 0.3) is 0 Å². The van der Waals surface area contributed by atoms with Gasteiger partial charge in [0.15, 0.2) is 0 Å². The second-order valence-electron chi connectivity index (χ2n) is 4.50. The predicted molar refractivity (Wildman–Crippen MR) is 70.9 cm³/mol. The van der Waals surface area contributed by atoms with Crippen LogP contribution in [0.2, 0.25) is 0 Å². The van der Waals surface area contributed by atoms with Crippen molar-refractivity contribution in [1.29, 1.82) is 0 Å². The van der Waals surface area contributed by atoms with E-state index in [0.29, 0.717) is 6.54 Å². The Bertz CT molecular complexity index is 498. The number of nitrogens with one attached hydrogen (secondary N) is 2. The smallest absolute Gasteiger partial charge is 0.292 e. The van der Waals surface area contributed by atoms with Gasteiger partial charge in [-0.2, -0.15) is 0 Å². The summed E-state index contributed by atoms with van der Waals surface area (Å²) >= 11 is 0. The summed E-state index contributed by atoms with van der Waals surface area (Å²) in [6.45, 7) is 1.46. The molecule has 0 saturated carbocycles. The number of nitro benzene ring substituents is 1. The van der Waals surface area contributed by atoms with Crippen LogP contribution in [0.3, 0.4) is 0 Å². The van der Waals surface area contributed by atoms with Crippen LogP contribution < -0.4 is 16.4 Å². The number of para-hydroxylation sites is 1. The summed E-state index contributed by atoms with van der Waals surface area (Å²) in [5.41, 5.74) is 5.46. The van der Waals surface area contributed by atoms with E-state index in [4.69, 9.17) is 5.73 Å². The fourth-order valence-corrected chi connectivity index (χ4v) is 2.15. The van der Waals surface area contributed by atoms with E-state index in [9.17, 15) is 14.9 Å². The Morgan fingerprint density at radius 2 is 2.37 bits per heavy atom. The minimum Gasteiger partial charge on any atom is -0.393 e. The summed E-state index contributed by atoms with van der Waals surface area (Å²) in [6.07, 6.45) is 2.12. The van der Waals surface area contributed by atoms with Gasteiger partial charge in [-0.25, -0.2) is 0 Å². The van der Waals surface area contributed by atoms with Gasteiger partial charge >= 0.3 is 0 Å². The van der Waals surface area contributed by atoms with Crippen molar-refractivity contribution in [3.05, 3.63) is 33.9 Å². The molecule has 2 rings (SSSR count). The zero-order chi connectivity index (χ0) is 13.8. The van der Waals surface area contributed by atoms with Crippen LogP contribution in [-0.4, -0.2) is 30.0 Å². The average Bonchev–Trinajstić information content (AvgIpc) is 2.89. The maximum Gasteiger partial charge on any atom is 0.292 e. The van der Waals surface area contributed by atoms with Gasteiger partial charge in [0.25, 0.3) is 11.6 Å². The van der Waals surface area contributed by atoms with Crippen molar-refractivity contribution >= 4 is 17.3 Å². The molecule has 19 heavy (non-hydrogen) atoms. The van der Waals surface area contributed by atoms with Gasteiger partial charge in [0.2, 0.25) is 0 Å². The quantitative estimate of drug-likeness (QED) is 0.420. The largest absolute Gasteiger partial charge is 0.393 e. The SMILES string of the molecule is Nc1c(C(=O)NCC2CCCN2)cccc1[N+](=O)[O-]. The molecule has 1 saturated heterocycles. The fraction of sp³-hybridized carbons (Fsp3) is 0.417. The van der Waals surface area contributed by atoms with E-state index in [-0.39, 0.29) is 28.9 Å². The molecule has 4 N–H and O–H groups in total. The minimum absolute atomic E-state index is 0.0932. The molecule has 0 radical (unpaired) electrons. The van der Waals surface area contributed by atoms with E-state index < -0.39 is 4.92 Å². The highest BCUT2D eigenvalue weighted by Gasteiger charge is 2.20. The molecule has 1 aromatic carbocycles. The van der Waals surface area contributed by atoms with E-state index in [1.807, 2.05) is 0 Å². The number of carbonyl (C=O) groups is 1. The first-order valence-electron chi connectivity index (χ1n) is 6.14. The molecule has 1 aliphatic heterocycles. The lowest BCUT2D eigenvalue weighted by atomic mass is 10.1. The van der Waals surface area contributed by atoms with Crippen molar-refractivity contribution in [1.82, 2.24) is 10.6 Å². The maximum atomic E-state index is 12.0. The Kier molecular flexibility index (Phi) is 3.96. The summed E-state index contributed by atoms with van der Waals surface area (Å²) in [7, 11) is 0. The highest BCUT2D eigenvalue weighted by Crippen LogP contribution is 2.24. The molecule has 0 aliphatic carbocycles. The number of nitrogens with two attached hydrogens (primary N) is 1. The lowest BCUT2D eigenvalue weighted by molar-refractivity contribution is -0.383. The van der Waals surface area contributed by atoms with Gasteiger partial charge in [-0.15, -0.1) is 0 Å². The van der Waals surface area contributed by atoms with Crippen LogP contribution in [-0.2, 0) is 0 Å². The summed E-state index contributed by atoms with van der Waals surface area (Å²) in [4.78, 5) is 22.1. The van der Waals surface area contributed by atoms with Gasteiger partial charge in [0, 0.05) is 18.7 Å². The number of amides is 1. The first-order chi connectivity index (χ1) is 9.09. The van der Waals surface area contributed by atoms with Crippen molar-refractivity contribution in [2.45, 2.75) is 18.9 Å². The molecule has 7 heteroatoms. The molecule has 1 heterocycles. The normalized spacial score (nSPS) is 18.2. The van der Waals surface area contributed by atoms with Gasteiger partial charge in [-0.3, -0.25) is 14.9 Å². The summed E-state index contributed by atoms with van der Waals surface area (Å²) in [5.74, 6) is -0.380. The molecule has 7 nitrogen and oxygen atoms in total. The number of nitro groups is 1. The third kappa shape index (κ3) is 3.00. The Hall–Kier alpha value is -2.15. The van der Waals surface area contributed by atoms with Crippen LogP contribution in [0, 0.1) is 10.1 Å². The van der Waals surface area contributed by atoms with Crippen molar-refractivity contribution in [3.63, 3.8) is 0 Å². The van der Waals surface area contributed by atoms with E-state index in [0.717, 1.165) is 19.4 Å². The van der Waals surface area contributed by atoms with Gasteiger partial charge < -0.3 is 16.4 Å². The van der Waals surface area contributed by atoms with Gasteiger partial charge in [0.1, 0.15) is 5.69 Å². The summed E-state index contributed by atoms with van der Waals surface area (Å²) in [5, 5.41) is 16.7.